The minimum absolute atomic E-state index is 0.0259. The highest BCUT2D eigenvalue weighted by Crippen LogP contribution is 2.32. The third-order valence-electron chi connectivity index (χ3n) is 4.46. The van der Waals surface area contributed by atoms with Crippen LogP contribution in [-0.2, 0) is 9.53 Å². The van der Waals surface area contributed by atoms with Crippen LogP contribution in [0.1, 0.15) is 38.8 Å². The van der Waals surface area contributed by atoms with Gasteiger partial charge in [-0.15, -0.1) is 0 Å². The van der Waals surface area contributed by atoms with Gasteiger partial charge in [0, 0.05) is 26.1 Å². The van der Waals surface area contributed by atoms with Crippen molar-refractivity contribution in [3.63, 3.8) is 0 Å². The molecule has 6 nitrogen and oxygen atoms in total. The van der Waals surface area contributed by atoms with Crippen LogP contribution in [0.15, 0.2) is 18.2 Å². The Kier molecular flexibility index (Phi) is 7.29. The summed E-state index contributed by atoms with van der Waals surface area (Å²) in [5.41, 5.74) is 1.07. The van der Waals surface area contributed by atoms with E-state index in [-0.39, 0.29) is 17.4 Å². The van der Waals surface area contributed by atoms with E-state index in [9.17, 15) is 4.79 Å². The molecule has 1 heterocycles. The number of carbonyl (C=O) groups excluding carboxylic acids is 1. The van der Waals surface area contributed by atoms with Crippen molar-refractivity contribution in [2.75, 3.05) is 47.1 Å². The molecular weight excluding hydrogens is 332 g/mol. The fourth-order valence-corrected chi connectivity index (χ4v) is 3.16. The van der Waals surface area contributed by atoms with Crippen LogP contribution in [0.25, 0.3) is 0 Å². The quantitative estimate of drug-likeness (QED) is 0.806. The van der Waals surface area contributed by atoms with Gasteiger partial charge in [-0.2, -0.15) is 0 Å². The number of morpholine rings is 1. The van der Waals surface area contributed by atoms with Gasteiger partial charge in [0.25, 0.3) is 0 Å². The Balaban J connectivity index is 2.17. The zero-order chi connectivity index (χ0) is 19.2. The van der Waals surface area contributed by atoms with Crippen molar-refractivity contribution in [3.8, 4) is 11.5 Å². The fraction of sp³-hybridized carbons (Fsp3) is 0.650. The molecule has 1 amide bonds. The van der Waals surface area contributed by atoms with Gasteiger partial charge in [-0.1, -0.05) is 26.8 Å². The molecule has 0 aromatic heterocycles. The molecule has 1 aromatic rings. The molecule has 1 saturated heterocycles. The topological polar surface area (TPSA) is 60.0 Å². The van der Waals surface area contributed by atoms with E-state index in [0.717, 1.165) is 18.7 Å². The first kappa shape index (κ1) is 20.5. The van der Waals surface area contributed by atoms with Crippen molar-refractivity contribution >= 4 is 5.91 Å². The lowest BCUT2D eigenvalue weighted by Crippen LogP contribution is -2.44. The Bertz CT molecular complexity index is 592. The number of hydrogen-bond donors (Lipinski definition) is 1. The molecule has 6 heteroatoms. The maximum Gasteiger partial charge on any atom is 0.220 e. The van der Waals surface area contributed by atoms with Crippen molar-refractivity contribution in [1.29, 1.82) is 0 Å². The third kappa shape index (κ3) is 5.88. The van der Waals surface area contributed by atoms with Crippen LogP contribution >= 0.6 is 0 Å². The van der Waals surface area contributed by atoms with Gasteiger partial charge in [-0.05, 0) is 23.1 Å². The van der Waals surface area contributed by atoms with E-state index in [1.165, 1.54) is 0 Å². The number of nitrogens with one attached hydrogen (secondary N) is 1. The van der Waals surface area contributed by atoms with Crippen LogP contribution in [0.2, 0.25) is 0 Å². The number of nitrogens with zero attached hydrogens (tertiary/aromatic N) is 1. The smallest absolute Gasteiger partial charge is 0.220 e. The van der Waals surface area contributed by atoms with Crippen molar-refractivity contribution < 1.29 is 19.0 Å². The van der Waals surface area contributed by atoms with Crippen molar-refractivity contribution in [2.45, 2.75) is 33.2 Å². The summed E-state index contributed by atoms with van der Waals surface area (Å²) in [7, 11) is 3.26. The second-order valence-corrected chi connectivity index (χ2v) is 7.82. The number of benzene rings is 1. The molecule has 1 aliphatic heterocycles. The average molecular weight is 364 g/mol. The molecule has 0 bridgehead atoms. The standard InChI is InChI=1S/C20H32N2O4/c1-20(2,3)13-19(23)21-14-16(22-8-10-26-11-9-22)15-6-7-17(24-4)18(12-15)25-5/h6-7,12,16H,8-11,13-14H2,1-5H3,(H,21,23). The summed E-state index contributed by atoms with van der Waals surface area (Å²) in [5.74, 6) is 1.48. The Morgan fingerprint density at radius 2 is 1.85 bits per heavy atom. The largest absolute Gasteiger partial charge is 0.493 e. The molecule has 0 aliphatic carbocycles. The second kappa shape index (κ2) is 9.24. The summed E-state index contributed by atoms with van der Waals surface area (Å²) in [6, 6.07) is 6.02. The van der Waals surface area contributed by atoms with Crippen LogP contribution in [0.5, 0.6) is 11.5 Å². The lowest BCUT2D eigenvalue weighted by Gasteiger charge is -2.35. The molecule has 146 valence electrons. The van der Waals surface area contributed by atoms with Crippen molar-refractivity contribution in [3.05, 3.63) is 23.8 Å². The number of ether oxygens (including phenoxy) is 3. The molecular formula is C20H32N2O4. The van der Waals surface area contributed by atoms with Crippen LogP contribution in [-0.4, -0.2) is 57.9 Å². The lowest BCUT2D eigenvalue weighted by molar-refractivity contribution is -0.123. The SMILES string of the molecule is COc1ccc(C(CNC(=O)CC(C)(C)C)N2CCOCC2)cc1OC. The minimum atomic E-state index is -0.0259. The second-order valence-electron chi connectivity index (χ2n) is 7.82. The average Bonchev–Trinajstić information content (AvgIpc) is 2.61. The van der Waals surface area contributed by atoms with Gasteiger partial charge in [0.05, 0.1) is 33.5 Å². The number of methoxy groups -OCH3 is 2. The zero-order valence-electron chi connectivity index (χ0n) is 16.6. The molecule has 0 radical (unpaired) electrons. The molecule has 1 atom stereocenters. The first-order valence-electron chi connectivity index (χ1n) is 9.14. The summed E-state index contributed by atoms with van der Waals surface area (Å²) in [6.45, 7) is 9.87. The highest BCUT2D eigenvalue weighted by atomic mass is 16.5. The summed E-state index contributed by atoms with van der Waals surface area (Å²) in [6.07, 6.45) is 0.509. The van der Waals surface area contributed by atoms with E-state index in [0.29, 0.717) is 37.7 Å². The molecule has 1 fully saturated rings. The monoisotopic (exact) mass is 364 g/mol. The van der Waals surface area contributed by atoms with E-state index in [2.05, 4.69) is 31.0 Å². The minimum Gasteiger partial charge on any atom is -0.493 e. The molecule has 26 heavy (non-hydrogen) atoms. The van der Waals surface area contributed by atoms with Gasteiger partial charge in [0.2, 0.25) is 5.91 Å². The van der Waals surface area contributed by atoms with Gasteiger partial charge in [-0.3, -0.25) is 9.69 Å². The van der Waals surface area contributed by atoms with Gasteiger partial charge in [0.1, 0.15) is 0 Å². The zero-order valence-corrected chi connectivity index (χ0v) is 16.6. The van der Waals surface area contributed by atoms with Crippen LogP contribution < -0.4 is 14.8 Å². The first-order chi connectivity index (χ1) is 12.3. The van der Waals surface area contributed by atoms with E-state index in [1.54, 1.807) is 14.2 Å². The summed E-state index contributed by atoms with van der Waals surface area (Å²) in [4.78, 5) is 14.7. The Hall–Kier alpha value is -1.79. The molecule has 2 rings (SSSR count). The highest BCUT2D eigenvalue weighted by Gasteiger charge is 2.25. The van der Waals surface area contributed by atoms with Crippen LogP contribution in [0.3, 0.4) is 0 Å². The Morgan fingerprint density at radius 3 is 2.42 bits per heavy atom. The van der Waals surface area contributed by atoms with Gasteiger partial charge in [-0.25, -0.2) is 0 Å². The number of carbonyl (C=O) groups is 1. The number of amides is 1. The van der Waals surface area contributed by atoms with Gasteiger partial charge in [0.15, 0.2) is 11.5 Å². The molecule has 0 spiro atoms. The number of hydrogen-bond acceptors (Lipinski definition) is 5. The molecule has 1 N–H and O–H groups in total. The van der Waals surface area contributed by atoms with E-state index in [1.807, 2.05) is 18.2 Å². The number of rotatable bonds is 7. The highest BCUT2D eigenvalue weighted by molar-refractivity contribution is 5.76. The van der Waals surface area contributed by atoms with Crippen LogP contribution in [0.4, 0.5) is 0 Å². The third-order valence-corrected chi connectivity index (χ3v) is 4.46. The summed E-state index contributed by atoms with van der Waals surface area (Å²) in [5, 5.41) is 3.11. The van der Waals surface area contributed by atoms with E-state index in [4.69, 9.17) is 14.2 Å². The molecule has 0 saturated carbocycles. The maximum absolute atomic E-state index is 12.3. The van der Waals surface area contributed by atoms with Crippen LogP contribution in [0, 0.1) is 5.41 Å². The van der Waals surface area contributed by atoms with Gasteiger partial charge < -0.3 is 19.5 Å². The Labute approximate surface area is 156 Å². The van der Waals surface area contributed by atoms with Crippen molar-refractivity contribution in [1.82, 2.24) is 10.2 Å². The fourth-order valence-electron chi connectivity index (χ4n) is 3.16. The van der Waals surface area contributed by atoms with E-state index >= 15 is 0 Å². The van der Waals surface area contributed by atoms with Gasteiger partial charge >= 0.3 is 0 Å². The molecule has 1 aliphatic rings. The first-order valence-corrected chi connectivity index (χ1v) is 9.14. The predicted molar refractivity (Wildman–Crippen MR) is 102 cm³/mol. The van der Waals surface area contributed by atoms with Crippen molar-refractivity contribution in [2.24, 2.45) is 5.41 Å². The summed E-state index contributed by atoms with van der Waals surface area (Å²) >= 11 is 0. The predicted octanol–water partition coefficient (Wildman–Crippen LogP) is 2.63. The molecule has 1 unspecified atom stereocenters. The summed E-state index contributed by atoms with van der Waals surface area (Å²) < 4.78 is 16.3. The maximum atomic E-state index is 12.3. The normalized spacial score (nSPS) is 16.8. The molecule has 1 aromatic carbocycles. The van der Waals surface area contributed by atoms with E-state index < -0.39 is 0 Å². The Morgan fingerprint density at radius 1 is 1.19 bits per heavy atom. The lowest BCUT2D eigenvalue weighted by atomic mass is 9.92.